The molecule has 0 aliphatic carbocycles. The molecule has 138 valence electrons. The Kier molecular flexibility index (Phi) is 5.76. The van der Waals surface area contributed by atoms with Gasteiger partial charge in [0.2, 0.25) is 0 Å². The summed E-state index contributed by atoms with van der Waals surface area (Å²) < 4.78 is 0. The monoisotopic (exact) mass is 353 g/mol. The molecule has 0 saturated carbocycles. The average molecular weight is 353 g/mol. The summed E-state index contributed by atoms with van der Waals surface area (Å²) in [7, 11) is 0. The van der Waals surface area contributed by atoms with Gasteiger partial charge in [-0.2, -0.15) is 0 Å². The number of hydrogen-bond acceptors (Lipinski definition) is 4. The molecule has 0 unspecified atom stereocenters. The molecule has 5 heteroatoms. The van der Waals surface area contributed by atoms with Crippen molar-refractivity contribution in [3.05, 3.63) is 53.2 Å². The van der Waals surface area contributed by atoms with Gasteiger partial charge in [-0.25, -0.2) is 4.98 Å². The van der Waals surface area contributed by atoms with E-state index in [2.05, 4.69) is 29.0 Å². The number of carbonyl (C=O) groups excluding carboxylic acids is 1. The molecule has 1 amide bonds. The zero-order valence-corrected chi connectivity index (χ0v) is 15.5. The first kappa shape index (κ1) is 18.2. The van der Waals surface area contributed by atoms with Crippen LogP contribution >= 0.6 is 0 Å². The van der Waals surface area contributed by atoms with Crippen LogP contribution in [0.4, 0.5) is 5.82 Å². The third kappa shape index (κ3) is 4.34. The van der Waals surface area contributed by atoms with Crippen LogP contribution in [0.1, 0.15) is 60.5 Å². The van der Waals surface area contributed by atoms with Gasteiger partial charge in [0.25, 0.3) is 5.91 Å². The Morgan fingerprint density at radius 1 is 1.19 bits per heavy atom. The van der Waals surface area contributed by atoms with Crippen molar-refractivity contribution >= 4 is 11.7 Å². The van der Waals surface area contributed by atoms with Crippen LogP contribution in [-0.2, 0) is 6.54 Å². The molecule has 0 atom stereocenters. The predicted molar refractivity (Wildman–Crippen MR) is 104 cm³/mol. The van der Waals surface area contributed by atoms with E-state index in [0.29, 0.717) is 18.0 Å². The Balaban J connectivity index is 1.67. The van der Waals surface area contributed by atoms with Gasteiger partial charge in [0, 0.05) is 25.8 Å². The van der Waals surface area contributed by atoms with Gasteiger partial charge in [0.1, 0.15) is 11.6 Å². The number of aromatic nitrogens is 1. The summed E-state index contributed by atoms with van der Waals surface area (Å²) in [5.74, 6) is 1.02. The lowest BCUT2D eigenvalue weighted by Crippen LogP contribution is -2.30. The number of aromatic hydroxyl groups is 1. The first-order valence-electron chi connectivity index (χ1n) is 9.35. The Morgan fingerprint density at radius 3 is 2.69 bits per heavy atom. The second-order valence-corrected chi connectivity index (χ2v) is 7.18. The number of nitrogens with zero attached hydrogens (tertiary/aromatic N) is 2. The highest BCUT2D eigenvalue weighted by Gasteiger charge is 2.15. The van der Waals surface area contributed by atoms with Crippen LogP contribution in [0.3, 0.4) is 0 Å². The van der Waals surface area contributed by atoms with E-state index in [0.717, 1.165) is 30.0 Å². The van der Waals surface area contributed by atoms with Crippen molar-refractivity contribution in [2.45, 2.75) is 45.6 Å². The molecule has 1 aliphatic rings. The first-order valence-corrected chi connectivity index (χ1v) is 9.35. The zero-order valence-electron chi connectivity index (χ0n) is 15.5. The minimum Gasteiger partial charge on any atom is -0.507 e. The summed E-state index contributed by atoms with van der Waals surface area (Å²) >= 11 is 0. The fraction of sp³-hybridized carbons (Fsp3) is 0.429. The molecule has 0 spiro atoms. The summed E-state index contributed by atoms with van der Waals surface area (Å²) in [6.07, 6.45) is 5.48. The molecule has 2 aromatic rings. The number of rotatable bonds is 5. The standard InChI is InChI=1S/C21H27N3O2/c1-15(2)17-6-7-19(25)18(13-17)21(26)23-14-16-8-9-22-20(12-16)24-10-4-3-5-11-24/h6-9,12-13,15,25H,3-5,10-11,14H2,1-2H3,(H,23,26). The molecule has 2 N–H and O–H groups in total. The van der Waals surface area contributed by atoms with E-state index in [-0.39, 0.29) is 11.7 Å². The minimum absolute atomic E-state index is 0.00985. The maximum absolute atomic E-state index is 12.5. The molecule has 0 radical (unpaired) electrons. The van der Waals surface area contributed by atoms with E-state index >= 15 is 0 Å². The maximum Gasteiger partial charge on any atom is 0.255 e. The second kappa shape index (κ2) is 8.21. The molecule has 26 heavy (non-hydrogen) atoms. The summed E-state index contributed by atoms with van der Waals surface area (Å²) in [5, 5.41) is 12.9. The lowest BCUT2D eigenvalue weighted by molar-refractivity contribution is 0.0948. The summed E-state index contributed by atoms with van der Waals surface area (Å²) in [6.45, 7) is 6.62. The minimum atomic E-state index is -0.263. The van der Waals surface area contributed by atoms with Crippen molar-refractivity contribution in [1.82, 2.24) is 10.3 Å². The largest absolute Gasteiger partial charge is 0.507 e. The topological polar surface area (TPSA) is 65.5 Å². The van der Waals surface area contributed by atoms with Gasteiger partial charge < -0.3 is 15.3 Å². The van der Waals surface area contributed by atoms with Crippen LogP contribution < -0.4 is 10.2 Å². The van der Waals surface area contributed by atoms with Crippen molar-refractivity contribution in [3.8, 4) is 5.75 Å². The van der Waals surface area contributed by atoms with Crippen LogP contribution in [-0.4, -0.2) is 29.1 Å². The lowest BCUT2D eigenvalue weighted by Gasteiger charge is -2.27. The van der Waals surface area contributed by atoms with E-state index in [1.54, 1.807) is 18.3 Å². The maximum atomic E-state index is 12.5. The van der Waals surface area contributed by atoms with E-state index < -0.39 is 0 Å². The molecule has 3 rings (SSSR count). The van der Waals surface area contributed by atoms with Crippen LogP contribution in [0.25, 0.3) is 0 Å². The SMILES string of the molecule is CC(C)c1ccc(O)c(C(=O)NCc2ccnc(N3CCCCC3)c2)c1. The molecule has 2 heterocycles. The van der Waals surface area contributed by atoms with Gasteiger partial charge in [-0.05, 0) is 60.6 Å². The molecule has 0 bridgehead atoms. The Morgan fingerprint density at radius 2 is 1.96 bits per heavy atom. The molecular weight excluding hydrogens is 326 g/mol. The van der Waals surface area contributed by atoms with Crippen molar-refractivity contribution in [1.29, 1.82) is 0 Å². The molecule has 1 fully saturated rings. The molecule has 1 saturated heterocycles. The fourth-order valence-electron chi connectivity index (χ4n) is 3.24. The average Bonchev–Trinajstić information content (AvgIpc) is 2.67. The molecular formula is C21H27N3O2. The van der Waals surface area contributed by atoms with E-state index in [1.807, 2.05) is 18.2 Å². The number of piperidine rings is 1. The second-order valence-electron chi connectivity index (χ2n) is 7.18. The lowest BCUT2D eigenvalue weighted by atomic mass is 10.00. The van der Waals surface area contributed by atoms with Crippen LogP contribution in [0.5, 0.6) is 5.75 Å². The Labute approximate surface area is 155 Å². The van der Waals surface area contributed by atoms with Crippen LogP contribution in [0, 0.1) is 0 Å². The van der Waals surface area contributed by atoms with Crippen LogP contribution in [0.2, 0.25) is 0 Å². The highest BCUT2D eigenvalue weighted by atomic mass is 16.3. The van der Waals surface area contributed by atoms with E-state index in [1.165, 1.54) is 19.3 Å². The summed E-state index contributed by atoms with van der Waals surface area (Å²) in [6, 6.07) is 9.16. The van der Waals surface area contributed by atoms with Crippen molar-refractivity contribution < 1.29 is 9.90 Å². The summed E-state index contributed by atoms with van der Waals surface area (Å²) in [4.78, 5) is 19.3. The van der Waals surface area contributed by atoms with Gasteiger partial charge >= 0.3 is 0 Å². The molecule has 1 aliphatic heterocycles. The number of pyridine rings is 1. The molecule has 1 aromatic carbocycles. The molecule has 5 nitrogen and oxygen atoms in total. The third-order valence-electron chi connectivity index (χ3n) is 4.87. The number of hydrogen-bond donors (Lipinski definition) is 2. The summed E-state index contributed by atoms with van der Waals surface area (Å²) in [5.41, 5.74) is 2.36. The fourth-order valence-corrected chi connectivity index (χ4v) is 3.24. The third-order valence-corrected chi connectivity index (χ3v) is 4.87. The van der Waals surface area contributed by atoms with Crippen molar-refractivity contribution in [3.63, 3.8) is 0 Å². The van der Waals surface area contributed by atoms with Crippen LogP contribution in [0.15, 0.2) is 36.5 Å². The van der Waals surface area contributed by atoms with Crippen molar-refractivity contribution in [2.75, 3.05) is 18.0 Å². The normalized spacial score (nSPS) is 14.5. The van der Waals surface area contributed by atoms with Gasteiger partial charge in [-0.1, -0.05) is 19.9 Å². The number of anilines is 1. The Bertz CT molecular complexity index is 768. The Hall–Kier alpha value is -2.56. The quantitative estimate of drug-likeness (QED) is 0.857. The van der Waals surface area contributed by atoms with Crippen molar-refractivity contribution in [2.24, 2.45) is 0 Å². The predicted octanol–water partition coefficient (Wildman–Crippen LogP) is 3.83. The van der Waals surface area contributed by atoms with Gasteiger partial charge in [0.05, 0.1) is 5.56 Å². The highest BCUT2D eigenvalue weighted by molar-refractivity contribution is 5.97. The highest BCUT2D eigenvalue weighted by Crippen LogP contribution is 2.23. The van der Waals surface area contributed by atoms with E-state index in [9.17, 15) is 9.90 Å². The smallest absolute Gasteiger partial charge is 0.255 e. The number of phenols is 1. The van der Waals surface area contributed by atoms with Gasteiger partial charge in [-0.3, -0.25) is 4.79 Å². The number of benzene rings is 1. The van der Waals surface area contributed by atoms with Gasteiger partial charge in [-0.15, -0.1) is 0 Å². The van der Waals surface area contributed by atoms with E-state index in [4.69, 9.17) is 0 Å². The number of nitrogens with one attached hydrogen (secondary N) is 1. The first-order chi connectivity index (χ1) is 12.5. The number of amides is 1. The number of phenolic OH excluding ortho intramolecular Hbond substituents is 1. The number of carbonyl (C=O) groups is 1. The van der Waals surface area contributed by atoms with Gasteiger partial charge in [0.15, 0.2) is 0 Å². The zero-order chi connectivity index (χ0) is 18.5. The molecule has 1 aromatic heterocycles.